The van der Waals surface area contributed by atoms with Gasteiger partial charge in [-0.05, 0) is 50.6 Å². The van der Waals surface area contributed by atoms with Crippen molar-refractivity contribution in [3.05, 3.63) is 59.4 Å². The van der Waals surface area contributed by atoms with Gasteiger partial charge in [0.05, 0.1) is 12.5 Å². The molecular formula is C22H31N3O. The molecule has 1 aliphatic rings. The van der Waals surface area contributed by atoms with Crippen molar-refractivity contribution in [2.45, 2.75) is 45.1 Å². The number of carbonyl (C=O) groups is 1. The van der Waals surface area contributed by atoms with Crippen molar-refractivity contribution >= 4 is 5.91 Å². The second-order valence-electron chi connectivity index (χ2n) is 7.48. The van der Waals surface area contributed by atoms with Gasteiger partial charge in [0.25, 0.3) is 0 Å². The average molecular weight is 354 g/mol. The quantitative estimate of drug-likeness (QED) is 0.861. The number of carbonyl (C=O) groups excluding carboxylic acids is 1. The molecule has 0 bridgehead atoms. The first-order chi connectivity index (χ1) is 12.6. The predicted molar refractivity (Wildman–Crippen MR) is 106 cm³/mol. The van der Waals surface area contributed by atoms with Crippen LogP contribution >= 0.6 is 0 Å². The summed E-state index contributed by atoms with van der Waals surface area (Å²) in [5.74, 6) is 0.102. The van der Waals surface area contributed by atoms with Crippen molar-refractivity contribution in [3.63, 3.8) is 0 Å². The molecule has 1 amide bonds. The van der Waals surface area contributed by atoms with Crippen molar-refractivity contribution in [1.82, 2.24) is 14.8 Å². The van der Waals surface area contributed by atoms with E-state index in [1.54, 1.807) is 0 Å². The van der Waals surface area contributed by atoms with Crippen LogP contribution in [0.3, 0.4) is 0 Å². The summed E-state index contributed by atoms with van der Waals surface area (Å²) in [6, 6.07) is 12.7. The van der Waals surface area contributed by atoms with E-state index in [1.165, 1.54) is 36.9 Å². The fraction of sp³-hybridized carbons (Fsp3) is 0.500. The zero-order valence-electron chi connectivity index (χ0n) is 16.1. The third-order valence-corrected chi connectivity index (χ3v) is 5.35. The van der Waals surface area contributed by atoms with E-state index >= 15 is 0 Å². The normalized spacial score (nSPS) is 16.8. The lowest BCUT2D eigenvalue weighted by atomic mass is 10.1. The Morgan fingerprint density at radius 2 is 1.88 bits per heavy atom. The molecule has 140 valence electrons. The maximum atomic E-state index is 12.5. The first-order valence-corrected chi connectivity index (χ1v) is 9.81. The highest BCUT2D eigenvalue weighted by Crippen LogP contribution is 2.24. The lowest BCUT2D eigenvalue weighted by molar-refractivity contribution is -0.120. The van der Waals surface area contributed by atoms with E-state index in [0.29, 0.717) is 13.0 Å². The van der Waals surface area contributed by atoms with Gasteiger partial charge < -0.3 is 9.88 Å². The predicted octanol–water partition coefficient (Wildman–Crippen LogP) is 3.61. The summed E-state index contributed by atoms with van der Waals surface area (Å²) in [6.45, 7) is 4.96. The van der Waals surface area contributed by atoms with Crippen LogP contribution in [-0.4, -0.2) is 35.0 Å². The molecule has 4 heteroatoms. The van der Waals surface area contributed by atoms with Gasteiger partial charge in [-0.2, -0.15) is 0 Å². The summed E-state index contributed by atoms with van der Waals surface area (Å²) in [6.07, 6.45) is 7.67. The van der Waals surface area contributed by atoms with E-state index < -0.39 is 0 Å². The largest absolute Gasteiger partial charge is 0.354 e. The number of likely N-dealkylation sites (tertiary alicyclic amines) is 1. The summed E-state index contributed by atoms with van der Waals surface area (Å²) in [5.41, 5.74) is 3.55. The van der Waals surface area contributed by atoms with Gasteiger partial charge in [-0.1, -0.05) is 42.7 Å². The van der Waals surface area contributed by atoms with Gasteiger partial charge >= 0.3 is 0 Å². The first kappa shape index (κ1) is 18.7. The van der Waals surface area contributed by atoms with Crippen LogP contribution in [0.4, 0.5) is 0 Å². The maximum Gasteiger partial charge on any atom is 0.224 e. The number of benzene rings is 1. The molecule has 1 unspecified atom stereocenters. The molecule has 1 atom stereocenters. The number of hydrogen-bond donors (Lipinski definition) is 1. The molecule has 0 aliphatic carbocycles. The molecule has 3 rings (SSSR count). The molecule has 0 spiro atoms. The molecular weight excluding hydrogens is 322 g/mol. The number of nitrogens with one attached hydrogen (secondary N) is 1. The molecule has 1 N–H and O–H groups in total. The fourth-order valence-electron chi connectivity index (χ4n) is 3.93. The Labute approximate surface area is 157 Å². The lowest BCUT2D eigenvalue weighted by Crippen LogP contribution is -2.39. The molecule has 4 nitrogen and oxygen atoms in total. The van der Waals surface area contributed by atoms with Crippen LogP contribution < -0.4 is 5.32 Å². The van der Waals surface area contributed by atoms with Crippen LogP contribution in [0.5, 0.6) is 0 Å². The van der Waals surface area contributed by atoms with Crippen LogP contribution in [0.15, 0.2) is 42.6 Å². The molecule has 1 aliphatic heterocycles. The third-order valence-electron chi connectivity index (χ3n) is 5.35. The van der Waals surface area contributed by atoms with E-state index in [9.17, 15) is 4.79 Å². The van der Waals surface area contributed by atoms with Gasteiger partial charge in [0.2, 0.25) is 5.91 Å². The van der Waals surface area contributed by atoms with Gasteiger partial charge in [0, 0.05) is 25.5 Å². The molecule has 1 saturated heterocycles. The molecule has 2 heterocycles. The molecule has 0 saturated carbocycles. The van der Waals surface area contributed by atoms with Gasteiger partial charge in [-0.3, -0.25) is 9.69 Å². The Kier molecular flexibility index (Phi) is 6.51. The Morgan fingerprint density at radius 3 is 2.54 bits per heavy atom. The maximum absolute atomic E-state index is 12.5. The summed E-state index contributed by atoms with van der Waals surface area (Å²) < 4.78 is 2.18. The van der Waals surface area contributed by atoms with Crippen LogP contribution in [-0.2, 0) is 18.3 Å². The van der Waals surface area contributed by atoms with Crippen molar-refractivity contribution in [2.24, 2.45) is 7.05 Å². The molecule has 26 heavy (non-hydrogen) atoms. The first-order valence-electron chi connectivity index (χ1n) is 9.81. The van der Waals surface area contributed by atoms with E-state index in [2.05, 4.69) is 59.2 Å². The zero-order valence-corrected chi connectivity index (χ0v) is 16.1. The van der Waals surface area contributed by atoms with E-state index in [4.69, 9.17) is 0 Å². The Morgan fingerprint density at radius 1 is 1.12 bits per heavy atom. The number of aromatic nitrogens is 1. The summed E-state index contributed by atoms with van der Waals surface area (Å²) in [5, 5.41) is 3.19. The number of amides is 1. The lowest BCUT2D eigenvalue weighted by Gasteiger charge is -2.31. The average Bonchev–Trinajstić information content (AvgIpc) is 2.86. The van der Waals surface area contributed by atoms with Crippen molar-refractivity contribution in [2.75, 3.05) is 19.6 Å². The van der Waals surface area contributed by atoms with Crippen LogP contribution in [0.2, 0.25) is 0 Å². The number of nitrogens with zero attached hydrogens (tertiary/aromatic N) is 2. The molecule has 2 aromatic rings. The highest BCUT2D eigenvalue weighted by atomic mass is 16.1. The topological polar surface area (TPSA) is 37.3 Å². The summed E-state index contributed by atoms with van der Waals surface area (Å²) in [7, 11) is 2.09. The standard InChI is InChI=1S/C22H31N3O/c1-18-9-7-10-19(15-18)16-22(26)23-17-21(20-11-8-12-24(20)2)25-13-5-3-4-6-14-25/h7-12,15,21H,3-6,13-14,16-17H2,1-2H3,(H,23,26). The van der Waals surface area contributed by atoms with Crippen LogP contribution in [0, 0.1) is 6.92 Å². The molecule has 1 aromatic heterocycles. The minimum Gasteiger partial charge on any atom is -0.354 e. The minimum atomic E-state index is 0.102. The van der Waals surface area contributed by atoms with Crippen molar-refractivity contribution in [1.29, 1.82) is 0 Å². The van der Waals surface area contributed by atoms with Gasteiger partial charge in [-0.15, -0.1) is 0 Å². The number of hydrogen-bond acceptors (Lipinski definition) is 2. The van der Waals surface area contributed by atoms with Crippen molar-refractivity contribution in [3.8, 4) is 0 Å². The number of aryl methyl sites for hydroxylation is 2. The van der Waals surface area contributed by atoms with Crippen molar-refractivity contribution < 1.29 is 4.79 Å². The summed E-state index contributed by atoms with van der Waals surface area (Å²) in [4.78, 5) is 15.0. The van der Waals surface area contributed by atoms with Crippen LogP contribution in [0.25, 0.3) is 0 Å². The molecule has 1 aromatic carbocycles. The van der Waals surface area contributed by atoms with Gasteiger partial charge in [-0.25, -0.2) is 0 Å². The highest BCUT2D eigenvalue weighted by molar-refractivity contribution is 5.78. The van der Waals surface area contributed by atoms with Gasteiger partial charge in [0.15, 0.2) is 0 Å². The Hall–Kier alpha value is -2.07. The van der Waals surface area contributed by atoms with Crippen LogP contribution in [0.1, 0.15) is 48.5 Å². The summed E-state index contributed by atoms with van der Waals surface area (Å²) >= 11 is 0. The van der Waals surface area contributed by atoms with Gasteiger partial charge in [0.1, 0.15) is 0 Å². The minimum absolute atomic E-state index is 0.102. The second-order valence-corrected chi connectivity index (χ2v) is 7.48. The molecule has 1 fully saturated rings. The Bertz CT molecular complexity index is 714. The fourth-order valence-corrected chi connectivity index (χ4v) is 3.93. The van der Waals surface area contributed by atoms with E-state index in [0.717, 1.165) is 18.7 Å². The molecule has 0 radical (unpaired) electrons. The zero-order chi connectivity index (χ0) is 18.4. The smallest absolute Gasteiger partial charge is 0.224 e. The second kappa shape index (κ2) is 9.04. The number of rotatable bonds is 6. The highest BCUT2D eigenvalue weighted by Gasteiger charge is 2.23. The monoisotopic (exact) mass is 353 g/mol. The van der Waals surface area contributed by atoms with E-state index in [-0.39, 0.29) is 11.9 Å². The third kappa shape index (κ3) is 4.98. The Balaban J connectivity index is 1.65. The van der Waals surface area contributed by atoms with E-state index in [1.807, 2.05) is 12.1 Å². The SMILES string of the molecule is Cc1cccc(CC(=O)NCC(c2cccn2C)N2CCCCCC2)c1.